The van der Waals surface area contributed by atoms with Gasteiger partial charge in [-0.3, -0.25) is 4.79 Å². The number of carbonyl (C=O) groups is 1. The molecular formula is C17H19NO5. The van der Waals surface area contributed by atoms with Crippen LogP contribution in [0.2, 0.25) is 0 Å². The number of phenolic OH excluding ortho intramolecular Hbond substituents is 2. The molecule has 6 nitrogen and oxygen atoms in total. The molecule has 2 rings (SSSR count). The number of amides is 1. The summed E-state index contributed by atoms with van der Waals surface area (Å²) in [5, 5.41) is 19.4. The zero-order valence-corrected chi connectivity index (χ0v) is 13.2. The molecule has 0 aliphatic carbocycles. The van der Waals surface area contributed by atoms with Crippen LogP contribution in [0.5, 0.6) is 23.0 Å². The van der Waals surface area contributed by atoms with Crippen molar-refractivity contribution in [1.82, 2.24) is 4.90 Å². The number of ether oxygens (including phenoxy) is 2. The van der Waals surface area contributed by atoms with Crippen molar-refractivity contribution in [2.45, 2.75) is 6.54 Å². The van der Waals surface area contributed by atoms with E-state index in [4.69, 9.17) is 9.47 Å². The Morgan fingerprint density at radius 2 is 1.70 bits per heavy atom. The molecule has 23 heavy (non-hydrogen) atoms. The molecule has 6 heteroatoms. The lowest BCUT2D eigenvalue weighted by atomic mass is 10.1. The van der Waals surface area contributed by atoms with E-state index in [9.17, 15) is 15.0 Å². The average molecular weight is 317 g/mol. The first-order chi connectivity index (χ1) is 11.0. The number of benzene rings is 2. The number of carbonyl (C=O) groups excluding carboxylic acids is 1. The van der Waals surface area contributed by atoms with Gasteiger partial charge in [-0.1, -0.05) is 6.07 Å². The van der Waals surface area contributed by atoms with Gasteiger partial charge in [0.05, 0.1) is 14.2 Å². The molecule has 0 aliphatic rings. The van der Waals surface area contributed by atoms with Gasteiger partial charge in [-0.25, -0.2) is 0 Å². The fourth-order valence-corrected chi connectivity index (χ4v) is 2.21. The van der Waals surface area contributed by atoms with Crippen LogP contribution in [0.1, 0.15) is 15.9 Å². The molecule has 0 fully saturated rings. The average Bonchev–Trinajstić information content (AvgIpc) is 2.55. The molecule has 0 aliphatic heterocycles. The predicted molar refractivity (Wildman–Crippen MR) is 85.1 cm³/mol. The minimum Gasteiger partial charge on any atom is -0.504 e. The molecule has 0 heterocycles. The highest BCUT2D eigenvalue weighted by Gasteiger charge is 2.15. The van der Waals surface area contributed by atoms with Gasteiger partial charge in [-0.05, 0) is 35.9 Å². The first-order valence-corrected chi connectivity index (χ1v) is 6.94. The lowest BCUT2D eigenvalue weighted by Crippen LogP contribution is -2.26. The van der Waals surface area contributed by atoms with Gasteiger partial charge in [0.2, 0.25) is 0 Å². The third-order valence-corrected chi connectivity index (χ3v) is 3.44. The Balaban J connectivity index is 2.15. The second kappa shape index (κ2) is 6.91. The smallest absolute Gasteiger partial charge is 0.254 e. The van der Waals surface area contributed by atoms with Crippen LogP contribution >= 0.6 is 0 Å². The molecule has 0 aromatic heterocycles. The zero-order chi connectivity index (χ0) is 17.0. The van der Waals surface area contributed by atoms with E-state index in [1.54, 1.807) is 31.3 Å². The first kappa shape index (κ1) is 16.5. The molecule has 0 saturated heterocycles. The third kappa shape index (κ3) is 3.66. The van der Waals surface area contributed by atoms with Gasteiger partial charge in [0.15, 0.2) is 23.0 Å². The third-order valence-electron chi connectivity index (χ3n) is 3.44. The van der Waals surface area contributed by atoms with Gasteiger partial charge >= 0.3 is 0 Å². The second-order valence-corrected chi connectivity index (χ2v) is 5.05. The lowest BCUT2D eigenvalue weighted by Gasteiger charge is -2.18. The fourth-order valence-electron chi connectivity index (χ4n) is 2.21. The maximum atomic E-state index is 12.4. The number of rotatable bonds is 5. The number of nitrogens with zero attached hydrogens (tertiary/aromatic N) is 1. The maximum absolute atomic E-state index is 12.4. The summed E-state index contributed by atoms with van der Waals surface area (Å²) in [6.07, 6.45) is 0. The minimum atomic E-state index is -0.241. The van der Waals surface area contributed by atoms with Crippen molar-refractivity contribution in [3.8, 4) is 23.0 Å². The highest BCUT2D eigenvalue weighted by atomic mass is 16.5. The Labute approximate surface area is 134 Å². The van der Waals surface area contributed by atoms with Crippen LogP contribution in [0.25, 0.3) is 0 Å². The van der Waals surface area contributed by atoms with Gasteiger partial charge in [-0.15, -0.1) is 0 Å². The Morgan fingerprint density at radius 3 is 2.30 bits per heavy atom. The summed E-state index contributed by atoms with van der Waals surface area (Å²) < 4.78 is 10.0. The van der Waals surface area contributed by atoms with E-state index in [0.717, 1.165) is 5.56 Å². The van der Waals surface area contributed by atoms with Gasteiger partial charge in [-0.2, -0.15) is 0 Å². The molecule has 0 saturated carbocycles. The molecule has 0 unspecified atom stereocenters. The Morgan fingerprint density at radius 1 is 1.00 bits per heavy atom. The highest BCUT2D eigenvalue weighted by Crippen LogP contribution is 2.28. The van der Waals surface area contributed by atoms with Crippen LogP contribution in [-0.2, 0) is 6.54 Å². The van der Waals surface area contributed by atoms with E-state index in [-0.39, 0.29) is 17.4 Å². The van der Waals surface area contributed by atoms with Crippen LogP contribution in [0.3, 0.4) is 0 Å². The van der Waals surface area contributed by atoms with Crippen molar-refractivity contribution in [1.29, 1.82) is 0 Å². The standard InChI is InChI=1S/C17H19NO5/c1-18(10-11-4-6-13(19)16(8-11)23-3)17(21)12-5-7-15(22-2)14(20)9-12/h4-9,19-20H,10H2,1-3H3. The maximum Gasteiger partial charge on any atom is 0.254 e. The predicted octanol–water partition coefficient (Wildman–Crippen LogP) is 2.39. The lowest BCUT2D eigenvalue weighted by molar-refractivity contribution is 0.0784. The Bertz CT molecular complexity index is 714. The molecular weight excluding hydrogens is 298 g/mol. The Hall–Kier alpha value is -2.89. The molecule has 2 aromatic rings. The monoisotopic (exact) mass is 317 g/mol. The van der Waals surface area contributed by atoms with Gasteiger partial charge in [0, 0.05) is 19.2 Å². The van der Waals surface area contributed by atoms with Crippen molar-refractivity contribution in [3.05, 3.63) is 47.5 Å². The minimum absolute atomic E-state index is 0.0466. The molecule has 0 atom stereocenters. The number of aromatic hydroxyl groups is 2. The zero-order valence-electron chi connectivity index (χ0n) is 13.2. The van der Waals surface area contributed by atoms with Crippen molar-refractivity contribution in [2.75, 3.05) is 21.3 Å². The van der Waals surface area contributed by atoms with Crippen LogP contribution in [0.4, 0.5) is 0 Å². The summed E-state index contributed by atoms with van der Waals surface area (Å²) in [6.45, 7) is 0.336. The van der Waals surface area contributed by atoms with E-state index in [2.05, 4.69) is 0 Å². The fraction of sp³-hybridized carbons (Fsp3) is 0.235. The number of hydrogen-bond donors (Lipinski definition) is 2. The van der Waals surface area contributed by atoms with Crippen LogP contribution < -0.4 is 9.47 Å². The number of methoxy groups -OCH3 is 2. The first-order valence-electron chi connectivity index (χ1n) is 6.94. The largest absolute Gasteiger partial charge is 0.504 e. The molecule has 0 bridgehead atoms. The molecule has 0 spiro atoms. The van der Waals surface area contributed by atoms with E-state index in [0.29, 0.717) is 23.6 Å². The van der Waals surface area contributed by atoms with Crippen LogP contribution in [-0.4, -0.2) is 42.3 Å². The number of phenols is 2. The molecule has 2 aromatic carbocycles. The topological polar surface area (TPSA) is 79.2 Å². The number of hydrogen-bond acceptors (Lipinski definition) is 5. The summed E-state index contributed by atoms with van der Waals surface area (Å²) in [7, 11) is 4.57. The summed E-state index contributed by atoms with van der Waals surface area (Å²) in [4.78, 5) is 13.9. The summed E-state index contributed by atoms with van der Waals surface area (Å²) in [5.41, 5.74) is 1.17. The summed E-state index contributed by atoms with van der Waals surface area (Å²) in [5.74, 6) is 0.385. The Kier molecular flexibility index (Phi) is 4.95. The van der Waals surface area contributed by atoms with E-state index < -0.39 is 0 Å². The second-order valence-electron chi connectivity index (χ2n) is 5.05. The van der Waals surface area contributed by atoms with Gasteiger partial charge in [0.1, 0.15) is 0 Å². The van der Waals surface area contributed by atoms with Gasteiger partial charge in [0.25, 0.3) is 5.91 Å². The summed E-state index contributed by atoms with van der Waals surface area (Å²) >= 11 is 0. The van der Waals surface area contributed by atoms with Crippen LogP contribution in [0, 0.1) is 0 Å². The molecule has 0 radical (unpaired) electrons. The van der Waals surface area contributed by atoms with Crippen molar-refractivity contribution < 1.29 is 24.5 Å². The normalized spacial score (nSPS) is 10.2. The van der Waals surface area contributed by atoms with E-state index in [1.165, 1.54) is 31.3 Å². The van der Waals surface area contributed by atoms with Crippen molar-refractivity contribution >= 4 is 5.91 Å². The van der Waals surface area contributed by atoms with Crippen molar-refractivity contribution in [3.63, 3.8) is 0 Å². The molecule has 2 N–H and O–H groups in total. The SMILES string of the molecule is COc1ccc(C(=O)N(C)Cc2ccc(O)c(OC)c2)cc1O. The van der Waals surface area contributed by atoms with Crippen molar-refractivity contribution in [2.24, 2.45) is 0 Å². The van der Waals surface area contributed by atoms with Gasteiger partial charge < -0.3 is 24.6 Å². The van der Waals surface area contributed by atoms with Crippen LogP contribution in [0.15, 0.2) is 36.4 Å². The molecule has 122 valence electrons. The molecule has 1 amide bonds. The van der Waals surface area contributed by atoms with E-state index in [1.807, 2.05) is 0 Å². The van der Waals surface area contributed by atoms with E-state index >= 15 is 0 Å². The highest BCUT2D eigenvalue weighted by molar-refractivity contribution is 5.94. The quantitative estimate of drug-likeness (QED) is 0.885. The summed E-state index contributed by atoms with van der Waals surface area (Å²) in [6, 6.07) is 9.41.